The number of ether oxygens (including phenoxy) is 1. The normalized spacial score (nSPS) is 22.5. The summed E-state index contributed by atoms with van der Waals surface area (Å²) >= 11 is 0. The number of hydrogen-bond donors (Lipinski definition) is 0. The Bertz CT molecular complexity index is 864. The summed E-state index contributed by atoms with van der Waals surface area (Å²) in [6.45, 7) is 6.22. The van der Waals surface area contributed by atoms with Crippen molar-refractivity contribution in [3.8, 4) is 0 Å². The zero-order chi connectivity index (χ0) is 17.3. The first-order chi connectivity index (χ1) is 12.0. The number of nitrogens with zero attached hydrogens (tertiary/aromatic N) is 4. The topological polar surface area (TPSA) is 50.1 Å². The number of anilines is 1. The van der Waals surface area contributed by atoms with Gasteiger partial charge >= 0.3 is 6.03 Å². The summed E-state index contributed by atoms with van der Waals surface area (Å²) in [4.78, 5) is 21.6. The maximum absolute atomic E-state index is 13.0. The number of hydrogen-bond acceptors (Lipinski definition) is 3. The highest BCUT2D eigenvalue weighted by Crippen LogP contribution is 2.43. The molecule has 0 radical (unpaired) electrons. The van der Waals surface area contributed by atoms with Gasteiger partial charge in [0.2, 0.25) is 0 Å². The smallest absolute Gasteiger partial charge is 0.325 e. The second kappa shape index (κ2) is 4.97. The first-order valence-corrected chi connectivity index (χ1v) is 9.14. The van der Waals surface area contributed by atoms with E-state index in [9.17, 15) is 4.79 Å². The van der Waals surface area contributed by atoms with Crippen LogP contribution in [0.15, 0.2) is 18.5 Å². The number of carbonyl (C=O) groups is 1. The van der Waals surface area contributed by atoms with Crippen molar-refractivity contribution in [3.63, 3.8) is 0 Å². The summed E-state index contributed by atoms with van der Waals surface area (Å²) < 4.78 is 7.54. The molecular weight excluding hydrogens is 316 g/mol. The zero-order valence-corrected chi connectivity index (χ0v) is 15.0. The predicted octanol–water partition coefficient (Wildman–Crippen LogP) is 2.98. The number of imidazole rings is 1. The van der Waals surface area contributed by atoms with E-state index in [1.165, 1.54) is 18.4 Å². The molecule has 2 saturated heterocycles. The Morgan fingerprint density at radius 1 is 1.28 bits per heavy atom. The van der Waals surface area contributed by atoms with Crippen molar-refractivity contribution >= 4 is 17.4 Å². The monoisotopic (exact) mass is 340 g/mol. The van der Waals surface area contributed by atoms with E-state index >= 15 is 0 Å². The lowest BCUT2D eigenvalue weighted by Crippen LogP contribution is -2.60. The van der Waals surface area contributed by atoms with Gasteiger partial charge in [-0.1, -0.05) is 13.8 Å². The molecular formula is C19H24N4O2. The van der Waals surface area contributed by atoms with Gasteiger partial charge in [0.25, 0.3) is 0 Å². The zero-order valence-electron chi connectivity index (χ0n) is 15.0. The van der Waals surface area contributed by atoms with Gasteiger partial charge in [-0.05, 0) is 36.3 Å². The molecule has 4 heterocycles. The molecule has 3 aliphatic rings. The number of urea groups is 1. The molecule has 2 aromatic heterocycles. The van der Waals surface area contributed by atoms with Crippen molar-refractivity contribution in [2.45, 2.75) is 44.1 Å². The molecule has 6 heteroatoms. The number of carbonyl (C=O) groups excluding carboxylic acids is 1. The molecule has 1 saturated carbocycles. The minimum Gasteiger partial charge on any atom is -0.376 e. The third-order valence-corrected chi connectivity index (χ3v) is 5.93. The van der Waals surface area contributed by atoms with E-state index in [-0.39, 0.29) is 11.6 Å². The van der Waals surface area contributed by atoms with E-state index in [0.29, 0.717) is 31.6 Å². The van der Waals surface area contributed by atoms with Crippen molar-refractivity contribution in [1.82, 2.24) is 14.3 Å². The third kappa shape index (κ3) is 2.13. The molecule has 2 amide bonds. The van der Waals surface area contributed by atoms with Crippen LogP contribution in [0, 0.1) is 0 Å². The van der Waals surface area contributed by atoms with E-state index in [0.717, 1.165) is 17.0 Å². The van der Waals surface area contributed by atoms with Gasteiger partial charge < -0.3 is 14.0 Å². The minimum absolute atomic E-state index is 0.0484. The lowest BCUT2D eigenvalue weighted by Gasteiger charge is -2.41. The summed E-state index contributed by atoms with van der Waals surface area (Å²) in [6.07, 6.45) is 6.79. The van der Waals surface area contributed by atoms with E-state index < -0.39 is 0 Å². The highest BCUT2D eigenvalue weighted by atomic mass is 16.5. The molecule has 0 unspecified atom stereocenters. The predicted molar refractivity (Wildman–Crippen MR) is 95.3 cm³/mol. The van der Waals surface area contributed by atoms with E-state index in [1.54, 1.807) is 0 Å². The fourth-order valence-electron chi connectivity index (χ4n) is 3.90. The summed E-state index contributed by atoms with van der Waals surface area (Å²) in [7, 11) is 1.89. The van der Waals surface area contributed by atoms with Gasteiger partial charge in [-0.3, -0.25) is 4.90 Å². The number of fused-ring (bicyclic) bond motifs is 1. The molecule has 0 N–H and O–H groups in total. The fraction of sp³-hybridized carbons (Fsp3) is 0.579. The maximum atomic E-state index is 13.0. The second-order valence-electron chi connectivity index (χ2n) is 8.13. The lowest BCUT2D eigenvalue weighted by atomic mass is 9.97. The van der Waals surface area contributed by atoms with Gasteiger partial charge in [-0.2, -0.15) is 0 Å². The van der Waals surface area contributed by atoms with E-state index in [1.807, 2.05) is 16.8 Å². The molecule has 2 aliphatic heterocycles. The first-order valence-electron chi connectivity index (χ1n) is 9.14. The van der Waals surface area contributed by atoms with Crippen LogP contribution in [0.5, 0.6) is 0 Å². The molecule has 1 aliphatic carbocycles. The Morgan fingerprint density at radius 3 is 2.60 bits per heavy atom. The molecule has 3 fully saturated rings. The summed E-state index contributed by atoms with van der Waals surface area (Å²) in [5.74, 6) is 0.991. The Hall–Kier alpha value is -2.08. The largest absolute Gasteiger partial charge is 0.376 e. The van der Waals surface area contributed by atoms with Crippen LogP contribution in [0.4, 0.5) is 10.5 Å². The summed E-state index contributed by atoms with van der Waals surface area (Å²) in [5, 5.41) is 0. The Kier molecular flexibility index (Phi) is 3.02. The van der Waals surface area contributed by atoms with Crippen LogP contribution >= 0.6 is 0 Å². The van der Waals surface area contributed by atoms with Crippen LogP contribution in [0.25, 0.3) is 5.65 Å². The Morgan fingerprint density at radius 2 is 2.04 bits per heavy atom. The highest BCUT2D eigenvalue weighted by molar-refractivity contribution is 5.98. The number of pyridine rings is 1. The molecule has 6 nitrogen and oxygen atoms in total. The number of amides is 2. The second-order valence-corrected chi connectivity index (χ2v) is 8.13. The molecule has 5 rings (SSSR count). The van der Waals surface area contributed by atoms with Crippen molar-refractivity contribution in [2.24, 2.45) is 0 Å². The van der Waals surface area contributed by atoms with Crippen LogP contribution in [0.2, 0.25) is 0 Å². The molecule has 2 aromatic rings. The van der Waals surface area contributed by atoms with Crippen molar-refractivity contribution in [2.75, 3.05) is 31.7 Å². The number of rotatable bonds is 3. The van der Waals surface area contributed by atoms with Crippen LogP contribution in [-0.2, 0) is 4.74 Å². The van der Waals surface area contributed by atoms with Gasteiger partial charge in [0.1, 0.15) is 5.54 Å². The van der Waals surface area contributed by atoms with E-state index in [4.69, 9.17) is 9.72 Å². The number of aromatic nitrogens is 2. The summed E-state index contributed by atoms with van der Waals surface area (Å²) in [5.41, 5.74) is 4.04. The van der Waals surface area contributed by atoms with Crippen LogP contribution in [-0.4, -0.2) is 52.7 Å². The van der Waals surface area contributed by atoms with Gasteiger partial charge in [-0.15, -0.1) is 0 Å². The molecule has 0 aromatic carbocycles. The quantitative estimate of drug-likeness (QED) is 0.863. The molecule has 0 bridgehead atoms. The standard InChI is InChI=1S/C19H24N4O2/c1-12(2)15-8-22-7-14(13-4-5-13)6-16(17(22)20-15)23-9-19(10-25-11-19)21(3)18(23)24/h6-8,12-13H,4-5,9-11H2,1-3H3. The maximum Gasteiger partial charge on any atom is 0.325 e. The first kappa shape index (κ1) is 15.2. The highest BCUT2D eigenvalue weighted by Gasteiger charge is 2.53. The summed E-state index contributed by atoms with van der Waals surface area (Å²) in [6, 6.07) is 2.24. The molecule has 1 spiro atoms. The number of likely N-dealkylation sites (N-methyl/N-ethyl adjacent to an activating group) is 1. The van der Waals surface area contributed by atoms with Crippen LogP contribution < -0.4 is 4.90 Å². The molecule has 25 heavy (non-hydrogen) atoms. The van der Waals surface area contributed by atoms with Crippen molar-refractivity contribution < 1.29 is 9.53 Å². The van der Waals surface area contributed by atoms with Gasteiger partial charge in [0, 0.05) is 19.4 Å². The average molecular weight is 340 g/mol. The third-order valence-electron chi connectivity index (χ3n) is 5.93. The molecule has 132 valence electrons. The van der Waals surface area contributed by atoms with Gasteiger partial charge in [-0.25, -0.2) is 9.78 Å². The van der Waals surface area contributed by atoms with Crippen LogP contribution in [0.1, 0.15) is 49.8 Å². The van der Waals surface area contributed by atoms with Crippen molar-refractivity contribution in [3.05, 3.63) is 29.7 Å². The van der Waals surface area contributed by atoms with Crippen molar-refractivity contribution in [1.29, 1.82) is 0 Å². The van der Waals surface area contributed by atoms with Gasteiger partial charge in [0.05, 0.1) is 31.1 Å². The average Bonchev–Trinajstić information content (AvgIpc) is 3.24. The minimum atomic E-state index is -0.170. The SMILES string of the molecule is CC(C)c1cn2cc(C3CC3)cc(N3CC4(COC4)N(C)C3=O)c2n1. The van der Waals surface area contributed by atoms with Gasteiger partial charge in [0.15, 0.2) is 5.65 Å². The van der Waals surface area contributed by atoms with Crippen LogP contribution in [0.3, 0.4) is 0 Å². The molecule has 0 atom stereocenters. The Balaban J connectivity index is 1.65. The fourth-order valence-corrected chi connectivity index (χ4v) is 3.90. The lowest BCUT2D eigenvalue weighted by molar-refractivity contribution is -0.0978. The Labute approximate surface area is 147 Å². The van der Waals surface area contributed by atoms with E-state index in [2.05, 4.69) is 36.7 Å².